The number of carbonyl (C=O) groups excluding carboxylic acids is 3. The summed E-state index contributed by atoms with van der Waals surface area (Å²) in [5.74, 6) is -0.704. The molecule has 1 atom stereocenters. The lowest BCUT2D eigenvalue weighted by atomic mass is 10.2. The molecule has 156 valence electrons. The van der Waals surface area contributed by atoms with Crippen LogP contribution >= 0.6 is 12.2 Å². The molecule has 2 heterocycles. The summed E-state index contributed by atoms with van der Waals surface area (Å²) in [6, 6.07) is 10.9. The van der Waals surface area contributed by atoms with Gasteiger partial charge < -0.3 is 10.1 Å². The number of rotatable bonds is 7. The highest BCUT2D eigenvalue weighted by Gasteiger charge is 2.42. The number of hydrogen-bond donors (Lipinski definition) is 2. The number of pyridine rings is 1. The van der Waals surface area contributed by atoms with Crippen LogP contribution in [-0.4, -0.2) is 57.4 Å². The van der Waals surface area contributed by atoms with Crippen LogP contribution in [0, 0.1) is 0 Å². The first-order valence-electron chi connectivity index (χ1n) is 9.26. The van der Waals surface area contributed by atoms with Crippen LogP contribution in [0.4, 0.5) is 5.69 Å². The second-order valence-corrected chi connectivity index (χ2v) is 6.80. The summed E-state index contributed by atoms with van der Waals surface area (Å²) in [7, 11) is 1.49. The van der Waals surface area contributed by atoms with Gasteiger partial charge in [0.05, 0.1) is 13.0 Å². The van der Waals surface area contributed by atoms with Gasteiger partial charge in [-0.05, 0) is 43.4 Å². The Balaban J connectivity index is 1.71. The van der Waals surface area contributed by atoms with Crippen LogP contribution in [0.2, 0.25) is 0 Å². The van der Waals surface area contributed by atoms with E-state index in [0.29, 0.717) is 18.0 Å². The summed E-state index contributed by atoms with van der Waals surface area (Å²) >= 11 is 5.26. The molecule has 9 nitrogen and oxygen atoms in total. The molecule has 1 aromatic heterocycles. The van der Waals surface area contributed by atoms with E-state index < -0.39 is 17.9 Å². The predicted molar refractivity (Wildman–Crippen MR) is 114 cm³/mol. The minimum Gasteiger partial charge on any atom is -0.494 e. The molecule has 0 spiro atoms. The quantitative estimate of drug-likeness (QED) is 0.647. The Morgan fingerprint density at radius 1 is 1.23 bits per heavy atom. The van der Waals surface area contributed by atoms with Crippen LogP contribution in [0.1, 0.15) is 23.8 Å². The number of benzene rings is 1. The van der Waals surface area contributed by atoms with Gasteiger partial charge in [0.2, 0.25) is 5.91 Å². The van der Waals surface area contributed by atoms with Gasteiger partial charge in [-0.25, -0.2) is 5.01 Å². The monoisotopic (exact) mass is 427 g/mol. The number of ether oxygens (including phenoxy) is 1. The molecule has 10 heteroatoms. The average Bonchev–Trinajstić information content (AvgIpc) is 2.93. The summed E-state index contributed by atoms with van der Waals surface area (Å²) in [6.07, 6.45) is 1.28. The minimum absolute atomic E-state index is 0.0976. The van der Waals surface area contributed by atoms with E-state index in [1.54, 1.807) is 36.4 Å². The van der Waals surface area contributed by atoms with E-state index in [2.05, 4.69) is 15.7 Å². The normalized spacial score (nSPS) is 15.9. The number of aromatic nitrogens is 1. The van der Waals surface area contributed by atoms with Crippen LogP contribution in [0.25, 0.3) is 0 Å². The number of likely N-dealkylation sites (N-methyl/N-ethyl adjacent to an activating group) is 1. The van der Waals surface area contributed by atoms with Gasteiger partial charge in [-0.2, -0.15) is 0 Å². The maximum Gasteiger partial charge on any atom is 0.288 e. The summed E-state index contributed by atoms with van der Waals surface area (Å²) in [6.45, 7) is 2.37. The molecule has 1 fully saturated rings. The van der Waals surface area contributed by atoms with Gasteiger partial charge in [-0.1, -0.05) is 12.1 Å². The summed E-state index contributed by atoms with van der Waals surface area (Å²) in [5.41, 5.74) is 3.28. The average molecular weight is 427 g/mol. The molecular formula is C20H21N5O4S. The van der Waals surface area contributed by atoms with E-state index in [4.69, 9.17) is 17.0 Å². The molecule has 3 amide bonds. The van der Waals surface area contributed by atoms with Crippen molar-refractivity contribution in [3.05, 3.63) is 54.4 Å². The number of nitrogens with one attached hydrogen (secondary N) is 2. The zero-order valence-electron chi connectivity index (χ0n) is 16.5. The minimum atomic E-state index is -0.967. The first kappa shape index (κ1) is 21.2. The van der Waals surface area contributed by atoms with Crippen LogP contribution < -0.4 is 15.5 Å². The van der Waals surface area contributed by atoms with Crippen molar-refractivity contribution in [3.63, 3.8) is 0 Å². The van der Waals surface area contributed by atoms with E-state index in [1.165, 1.54) is 29.2 Å². The first-order chi connectivity index (χ1) is 14.4. The molecule has 1 saturated heterocycles. The van der Waals surface area contributed by atoms with Crippen molar-refractivity contribution in [2.75, 3.05) is 19.0 Å². The highest BCUT2D eigenvalue weighted by Crippen LogP contribution is 2.20. The number of hydrogen-bond acceptors (Lipinski definition) is 6. The van der Waals surface area contributed by atoms with Crippen LogP contribution in [0.5, 0.6) is 5.75 Å². The number of carbonyl (C=O) groups is 3. The highest BCUT2D eigenvalue weighted by atomic mass is 32.1. The van der Waals surface area contributed by atoms with E-state index in [0.717, 1.165) is 0 Å². The standard InChI is InChI=1S/C20H21N5O4S/c1-3-29-14-8-6-7-13(11-14)22-17(26)12-16-19(28)24(2)20(30)25(16)23-18(27)15-9-4-5-10-21-15/h4-11,16H,3,12H2,1-2H3,(H,22,26)(H,23,27). The van der Waals surface area contributed by atoms with Crippen LogP contribution in [0.15, 0.2) is 48.7 Å². The number of thiocarbonyl (C=S) groups is 1. The lowest BCUT2D eigenvalue weighted by Crippen LogP contribution is -2.49. The largest absolute Gasteiger partial charge is 0.494 e. The van der Waals surface area contributed by atoms with Crippen molar-refractivity contribution >= 4 is 40.7 Å². The zero-order chi connectivity index (χ0) is 21.7. The Morgan fingerprint density at radius 3 is 2.73 bits per heavy atom. The molecule has 1 aliphatic rings. The second kappa shape index (κ2) is 9.31. The van der Waals surface area contributed by atoms with Crippen LogP contribution in [0.3, 0.4) is 0 Å². The van der Waals surface area contributed by atoms with Gasteiger partial charge in [0.25, 0.3) is 11.8 Å². The fourth-order valence-electron chi connectivity index (χ4n) is 2.91. The van der Waals surface area contributed by atoms with Gasteiger partial charge in [-0.15, -0.1) is 0 Å². The smallest absolute Gasteiger partial charge is 0.288 e. The molecule has 0 saturated carbocycles. The van der Waals surface area contributed by atoms with E-state index in [-0.39, 0.29) is 23.1 Å². The van der Waals surface area contributed by atoms with Crippen molar-refractivity contribution in [3.8, 4) is 5.75 Å². The zero-order valence-corrected chi connectivity index (χ0v) is 17.3. The topological polar surface area (TPSA) is 104 Å². The first-order valence-corrected chi connectivity index (χ1v) is 9.67. The van der Waals surface area contributed by atoms with Gasteiger partial charge in [0, 0.05) is 25.0 Å². The summed E-state index contributed by atoms with van der Waals surface area (Å²) in [4.78, 5) is 42.8. The molecule has 0 radical (unpaired) electrons. The van der Waals surface area contributed by atoms with Crippen molar-refractivity contribution in [2.24, 2.45) is 0 Å². The Morgan fingerprint density at radius 2 is 2.03 bits per heavy atom. The Labute approximate surface area is 179 Å². The third-order valence-electron chi connectivity index (χ3n) is 4.35. The lowest BCUT2D eigenvalue weighted by Gasteiger charge is -2.23. The van der Waals surface area contributed by atoms with Crippen molar-refractivity contribution in [1.29, 1.82) is 0 Å². The van der Waals surface area contributed by atoms with E-state index >= 15 is 0 Å². The van der Waals surface area contributed by atoms with E-state index in [9.17, 15) is 14.4 Å². The third kappa shape index (κ3) is 4.71. The molecule has 2 aromatic rings. The number of hydrazine groups is 1. The molecule has 1 aromatic carbocycles. The number of amides is 3. The van der Waals surface area contributed by atoms with Crippen molar-refractivity contribution in [1.82, 2.24) is 20.3 Å². The number of nitrogens with zero attached hydrogens (tertiary/aromatic N) is 3. The maximum atomic E-state index is 12.6. The SMILES string of the molecule is CCOc1cccc(NC(=O)CC2C(=O)N(C)C(=S)N2NC(=O)c2ccccn2)c1. The molecular weight excluding hydrogens is 406 g/mol. The van der Waals surface area contributed by atoms with Crippen molar-refractivity contribution in [2.45, 2.75) is 19.4 Å². The Bertz CT molecular complexity index is 969. The van der Waals surface area contributed by atoms with Gasteiger partial charge >= 0.3 is 0 Å². The van der Waals surface area contributed by atoms with Crippen LogP contribution in [-0.2, 0) is 9.59 Å². The molecule has 0 bridgehead atoms. The van der Waals surface area contributed by atoms with E-state index in [1.807, 2.05) is 6.92 Å². The fourth-order valence-corrected chi connectivity index (χ4v) is 3.17. The second-order valence-electron chi connectivity index (χ2n) is 6.43. The molecule has 3 rings (SSSR count). The summed E-state index contributed by atoms with van der Waals surface area (Å²) in [5, 5.41) is 4.06. The maximum absolute atomic E-state index is 12.6. The lowest BCUT2D eigenvalue weighted by molar-refractivity contribution is -0.130. The molecule has 2 N–H and O–H groups in total. The summed E-state index contributed by atoms with van der Waals surface area (Å²) < 4.78 is 5.42. The molecule has 1 unspecified atom stereocenters. The fraction of sp³-hybridized carbons (Fsp3) is 0.250. The molecule has 1 aliphatic heterocycles. The third-order valence-corrected chi connectivity index (χ3v) is 4.82. The van der Waals surface area contributed by atoms with Gasteiger partial charge in [0.15, 0.2) is 5.11 Å². The molecule has 0 aliphatic carbocycles. The van der Waals surface area contributed by atoms with Gasteiger partial charge in [0.1, 0.15) is 17.5 Å². The number of anilines is 1. The molecule has 30 heavy (non-hydrogen) atoms. The Kier molecular flexibility index (Phi) is 6.58. The Hall–Kier alpha value is -3.53. The predicted octanol–water partition coefficient (Wildman–Crippen LogP) is 1.58. The van der Waals surface area contributed by atoms with Crippen molar-refractivity contribution < 1.29 is 19.1 Å². The van der Waals surface area contributed by atoms with Gasteiger partial charge in [-0.3, -0.25) is 29.7 Å². The highest BCUT2D eigenvalue weighted by molar-refractivity contribution is 7.80.